The number of benzene rings is 1. The van der Waals surface area contributed by atoms with Crippen LogP contribution in [0.1, 0.15) is 18.6 Å². The maximum Gasteiger partial charge on any atom is 0.269 e. The third kappa shape index (κ3) is 2.27. The molecule has 1 aromatic carbocycles. The van der Waals surface area contributed by atoms with Crippen molar-refractivity contribution >= 4 is 5.69 Å². The van der Waals surface area contributed by atoms with Crippen molar-refractivity contribution in [3.8, 4) is 0 Å². The van der Waals surface area contributed by atoms with Gasteiger partial charge >= 0.3 is 0 Å². The minimum absolute atomic E-state index is 0.0396. The Hall–Kier alpha value is -1.46. The largest absolute Gasteiger partial charge is 0.387 e. The van der Waals surface area contributed by atoms with Gasteiger partial charge in [0.05, 0.1) is 11.0 Å². The normalized spacial score (nSPS) is 14.8. The first-order valence-electron chi connectivity index (χ1n) is 4.20. The van der Waals surface area contributed by atoms with Gasteiger partial charge < -0.3 is 10.8 Å². The van der Waals surface area contributed by atoms with Crippen LogP contribution in [0.4, 0.5) is 5.69 Å². The fourth-order valence-electron chi connectivity index (χ4n) is 1.13. The molecule has 3 N–H and O–H groups in total. The number of non-ortho nitro benzene ring substituents is 1. The molecule has 0 fully saturated rings. The number of nitrogens with two attached hydrogens (primary N) is 1. The van der Waals surface area contributed by atoms with Crippen molar-refractivity contribution in [3.63, 3.8) is 0 Å². The fourth-order valence-corrected chi connectivity index (χ4v) is 1.13. The van der Waals surface area contributed by atoms with E-state index in [0.717, 1.165) is 0 Å². The first kappa shape index (κ1) is 10.6. The molecular weight excluding hydrogens is 184 g/mol. The molecule has 0 aromatic heterocycles. The second-order valence-corrected chi connectivity index (χ2v) is 3.16. The second kappa shape index (κ2) is 4.17. The predicted octanol–water partition coefficient (Wildman–Crippen LogP) is 0.975. The van der Waals surface area contributed by atoms with Crippen LogP contribution in [0.2, 0.25) is 0 Å². The van der Waals surface area contributed by atoms with Crippen LogP contribution < -0.4 is 5.73 Å². The van der Waals surface area contributed by atoms with Crippen LogP contribution in [-0.2, 0) is 0 Å². The summed E-state index contributed by atoms with van der Waals surface area (Å²) < 4.78 is 0. The summed E-state index contributed by atoms with van der Waals surface area (Å²) in [5, 5.41) is 20.0. The van der Waals surface area contributed by atoms with Gasteiger partial charge in [0.25, 0.3) is 5.69 Å². The number of rotatable bonds is 3. The Balaban J connectivity index is 2.99. The molecule has 1 rings (SSSR count). The molecule has 0 aliphatic rings. The van der Waals surface area contributed by atoms with Crippen molar-refractivity contribution in [1.29, 1.82) is 0 Å². The van der Waals surface area contributed by atoms with E-state index in [1.807, 2.05) is 0 Å². The van der Waals surface area contributed by atoms with Crippen molar-refractivity contribution in [1.82, 2.24) is 0 Å². The Kier molecular flexibility index (Phi) is 3.16. The van der Waals surface area contributed by atoms with E-state index < -0.39 is 17.1 Å². The van der Waals surface area contributed by atoms with Crippen LogP contribution >= 0.6 is 0 Å². The molecule has 76 valence electrons. The highest BCUT2D eigenvalue weighted by molar-refractivity contribution is 5.35. The number of aliphatic hydroxyl groups excluding tert-OH is 1. The Morgan fingerprint density at radius 3 is 2.71 bits per heavy atom. The molecule has 5 heteroatoms. The van der Waals surface area contributed by atoms with Crippen LogP contribution in [0.5, 0.6) is 0 Å². The zero-order valence-electron chi connectivity index (χ0n) is 7.75. The van der Waals surface area contributed by atoms with Gasteiger partial charge in [-0.3, -0.25) is 10.1 Å². The number of hydrogen-bond donors (Lipinski definition) is 2. The van der Waals surface area contributed by atoms with E-state index in [1.54, 1.807) is 13.0 Å². The van der Waals surface area contributed by atoms with E-state index >= 15 is 0 Å². The summed E-state index contributed by atoms with van der Waals surface area (Å²) in [7, 11) is 0. The molecule has 14 heavy (non-hydrogen) atoms. The SMILES string of the molecule is C[C@H](N)[C@H](O)c1cccc([N+](=O)[O-])c1. The van der Waals surface area contributed by atoms with Crippen molar-refractivity contribution < 1.29 is 10.0 Å². The average molecular weight is 196 g/mol. The lowest BCUT2D eigenvalue weighted by atomic mass is 10.0. The highest BCUT2D eigenvalue weighted by Crippen LogP contribution is 2.20. The summed E-state index contributed by atoms with van der Waals surface area (Å²) in [4.78, 5) is 9.94. The summed E-state index contributed by atoms with van der Waals surface area (Å²) in [5.74, 6) is 0. The van der Waals surface area contributed by atoms with Gasteiger partial charge in [-0.05, 0) is 12.5 Å². The van der Waals surface area contributed by atoms with E-state index in [1.165, 1.54) is 18.2 Å². The number of hydrogen-bond acceptors (Lipinski definition) is 4. The Bertz CT molecular complexity index is 339. The van der Waals surface area contributed by atoms with Crippen LogP contribution in [0.3, 0.4) is 0 Å². The minimum atomic E-state index is -0.866. The number of aliphatic hydroxyl groups is 1. The van der Waals surface area contributed by atoms with Gasteiger partial charge in [-0.1, -0.05) is 12.1 Å². The molecule has 2 atom stereocenters. The topological polar surface area (TPSA) is 89.4 Å². The molecule has 0 spiro atoms. The fraction of sp³-hybridized carbons (Fsp3) is 0.333. The predicted molar refractivity (Wildman–Crippen MR) is 51.7 cm³/mol. The number of nitro benzene ring substituents is 1. The standard InChI is InChI=1S/C9H12N2O3/c1-6(10)9(12)7-3-2-4-8(5-7)11(13)14/h2-6,9,12H,10H2,1H3/t6-,9-/m0/s1. The first-order chi connectivity index (χ1) is 6.52. The lowest BCUT2D eigenvalue weighted by Gasteiger charge is -2.14. The van der Waals surface area contributed by atoms with Gasteiger partial charge in [0, 0.05) is 18.2 Å². The molecule has 0 aliphatic heterocycles. The monoisotopic (exact) mass is 196 g/mol. The molecule has 0 unspecified atom stereocenters. The second-order valence-electron chi connectivity index (χ2n) is 3.16. The molecular formula is C9H12N2O3. The van der Waals surface area contributed by atoms with Crippen LogP contribution in [0, 0.1) is 10.1 Å². The van der Waals surface area contributed by atoms with E-state index in [-0.39, 0.29) is 5.69 Å². The molecule has 0 heterocycles. The van der Waals surface area contributed by atoms with Crippen molar-refractivity contribution in [2.45, 2.75) is 19.1 Å². The third-order valence-corrected chi connectivity index (χ3v) is 1.92. The molecule has 0 saturated heterocycles. The average Bonchev–Trinajstić information content (AvgIpc) is 2.16. The zero-order chi connectivity index (χ0) is 10.7. The smallest absolute Gasteiger partial charge is 0.269 e. The molecule has 5 nitrogen and oxygen atoms in total. The van der Waals surface area contributed by atoms with E-state index in [2.05, 4.69) is 0 Å². The summed E-state index contributed by atoms with van der Waals surface area (Å²) in [5.41, 5.74) is 5.90. The highest BCUT2D eigenvalue weighted by Gasteiger charge is 2.15. The maximum atomic E-state index is 10.4. The van der Waals surface area contributed by atoms with E-state index in [4.69, 9.17) is 5.73 Å². The quantitative estimate of drug-likeness (QED) is 0.557. The first-order valence-corrected chi connectivity index (χ1v) is 4.20. The van der Waals surface area contributed by atoms with Gasteiger partial charge in [-0.15, -0.1) is 0 Å². The van der Waals surface area contributed by atoms with Crippen LogP contribution in [0.25, 0.3) is 0 Å². The summed E-state index contributed by atoms with van der Waals surface area (Å²) in [6.45, 7) is 1.64. The summed E-state index contributed by atoms with van der Waals surface area (Å²) in [6.07, 6.45) is -0.866. The Morgan fingerprint density at radius 1 is 1.57 bits per heavy atom. The van der Waals surface area contributed by atoms with Crippen LogP contribution in [0.15, 0.2) is 24.3 Å². The summed E-state index contributed by atoms with van der Waals surface area (Å²) in [6, 6.07) is 5.39. The molecule has 0 saturated carbocycles. The lowest BCUT2D eigenvalue weighted by Crippen LogP contribution is -2.24. The van der Waals surface area contributed by atoms with Gasteiger partial charge in [0.1, 0.15) is 0 Å². The van der Waals surface area contributed by atoms with Crippen molar-refractivity contribution in [3.05, 3.63) is 39.9 Å². The Labute approximate surface area is 81.3 Å². The van der Waals surface area contributed by atoms with Gasteiger partial charge in [-0.2, -0.15) is 0 Å². The summed E-state index contributed by atoms with van der Waals surface area (Å²) >= 11 is 0. The molecule has 0 bridgehead atoms. The van der Waals surface area contributed by atoms with E-state index in [9.17, 15) is 15.2 Å². The van der Waals surface area contributed by atoms with Gasteiger partial charge in [0.2, 0.25) is 0 Å². The third-order valence-electron chi connectivity index (χ3n) is 1.92. The molecule has 0 aliphatic carbocycles. The number of nitrogens with zero attached hydrogens (tertiary/aromatic N) is 1. The van der Waals surface area contributed by atoms with Gasteiger partial charge in [0.15, 0.2) is 0 Å². The zero-order valence-corrected chi connectivity index (χ0v) is 7.75. The van der Waals surface area contributed by atoms with Gasteiger partial charge in [-0.25, -0.2) is 0 Å². The van der Waals surface area contributed by atoms with Crippen molar-refractivity contribution in [2.75, 3.05) is 0 Å². The highest BCUT2D eigenvalue weighted by atomic mass is 16.6. The lowest BCUT2D eigenvalue weighted by molar-refractivity contribution is -0.385. The van der Waals surface area contributed by atoms with Crippen LogP contribution in [-0.4, -0.2) is 16.1 Å². The molecule has 0 radical (unpaired) electrons. The molecule has 1 aromatic rings. The van der Waals surface area contributed by atoms with E-state index in [0.29, 0.717) is 5.56 Å². The number of nitro groups is 1. The maximum absolute atomic E-state index is 10.4. The minimum Gasteiger partial charge on any atom is -0.387 e. The molecule has 0 amide bonds. The van der Waals surface area contributed by atoms with Crippen molar-refractivity contribution in [2.24, 2.45) is 5.73 Å². The Morgan fingerprint density at radius 2 is 2.21 bits per heavy atom.